The Balaban J connectivity index is 2.61. The molecule has 1 rings (SSSR count). The molecule has 3 nitrogen and oxygen atoms in total. The monoisotopic (exact) mass is 212 g/mol. The average Bonchev–Trinajstić information content (AvgIpc) is 2.14. The van der Waals surface area contributed by atoms with Gasteiger partial charge in [0, 0.05) is 24.3 Å². The first kappa shape index (κ1) is 11.0. The molecule has 1 N–H and O–H groups in total. The lowest BCUT2D eigenvalue weighted by Crippen LogP contribution is -2.28. The van der Waals surface area contributed by atoms with Gasteiger partial charge >= 0.3 is 0 Å². The molecule has 1 aromatic heterocycles. The van der Waals surface area contributed by atoms with Gasteiger partial charge in [0.25, 0.3) is 5.91 Å². The van der Waals surface area contributed by atoms with E-state index in [2.05, 4.69) is 10.3 Å². The van der Waals surface area contributed by atoms with Gasteiger partial charge in [0.2, 0.25) is 0 Å². The Labute approximate surface area is 88.5 Å². The molecule has 1 aromatic rings. The van der Waals surface area contributed by atoms with Crippen LogP contribution < -0.4 is 5.32 Å². The molecule has 0 aliphatic rings. The van der Waals surface area contributed by atoms with Crippen molar-refractivity contribution in [2.45, 2.75) is 19.2 Å². The van der Waals surface area contributed by atoms with E-state index < -0.39 is 0 Å². The molecule has 0 aliphatic carbocycles. The molecule has 76 valence electrons. The van der Waals surface area contributed by atoms with Gasteiger partial charge in [0.1, 0.15) is 0 Å². The molecule has 0 fully saturated rings. The first-order valence-electron chi connectivity index (χ1n) is 4.43. The van der Waals surface area contributed by atoms with E-state index in [1.807, 2.05) is 13.8 Å². The second kappa shape index (κ2) is 4.96. The second-order valence-electron chi connectivity index (χ2n) is 3.24. The predicted octanol–water partition coefficient (Wildman–Crippen LogP) is 1.75. The summed E-state index contributed by atoms with van der Waals surface area (Å²) in [5, 5.41) is 2.66. The number of aryl methyl sites for hydroxylation is 1. The normalized spacial score (nSPS) is 12.2. The summed E-state index contributed by atoms with van der Waals surface area (Å²) in [6, 6.07) is 1.79. The minimum absolute atomic E-state index is 0.0586. The summed E-state index contributed by atoms with van der Waals surface area (Å²) in [5.74, 6) is -0.131. The number of carbonyl (C=O) groups is 1. The van der Waals surface area contributed by atoms with Crippen LogP contribution in [0.15, 0.2) is 18.5 Å². The largest absolute Gasteiger partial charge is 0.351 e. The molecule has 0 bridgehead atoms. The molecule has 1 amide bonds. The molecule has 0 aromatic carbocycles. The van der Waals surface area contributed by atoms with Gasteiger partial charge in [-0.1, -0.05) is 0 Å². The fraction of sp³-hybridized carbons (Fsp3) is 0.400. The van der Waals surface area contributed by atoms with Crippen molar-refractivity contribution in [3.05, 3.63) is 29.6 Å². The van der Waals surface area contributed by atoms with Crippen molar-refractivity contribution in [3.63, 3.8) is 0 Å². The Kier molecular flexibility index (Phi) is 3.89. The van der Waals surface area contributed by atoms with Crippen molar-refractivity contribution in [1.29, 1.82) is 0 Å². The van der Waals surface area contributed by atoms with E-state index in [9.17, 15) is 4.79 Å². The van der Waals surface area contributed by atoms with E-state index in [-0.39, 0.29) is 11.3 Å². The van der Waals surface area contributed by atoms with Gasteiger partial charge in [-0.2, -0.15) is 0 Å². The van der Waals surface area contributed by atoms with Gasteiger partial charge in [-0.25, -0.2) is 0 Å². The smallest absolute Gasteiger partial charge is 0.252 e. The summed E-state index contributed by atoms with van der Waals surface area (Å²) >= 11 is 5.71. The van der Waals surface area contributed by atoms with E-state index >= 15 is 0 Å². The van der Waals surface area contributed by atoms with Gasteiger partial charge in [0.15, 0.2) is 0 Å². The highest BCUT2D eigenvalue weighted by molar-refractivity contribution is 6.20. The maximum absolute atomic E-state index is 11.5. The number of halogens is 1. The van der Waals surface area contributed by atoms with Crippen LogP contribution >= 0.6 is 11.6 Å². The van der Waals surface area contributed by atoms with Crippen LogP contribution in [0.5, 0.6) is 0 Å². The molecule has 4 heteroatoms. The number of amides is 1. The Morgan fingerprint density at radius 2 is 2.36 bits per heavy atom. The van der Waals surface area contributed by atoms with Gasteiger partial charge in [-0.3, -0.25) is 9.78 Å². The average molecular weight is 213 g/mol. The summed E-state index contributed by atoms with van der Waals surface area (Å²) in [7, 11) is 0. The maximum atomic E-state index is 11.5. The standard InChI is InChI=1S/C10H13ClN2O/c1-7-3-9(6-12-4-7)10(14)13-5-8(2)11/h3-4,6,8H,5H2,1-2H3,(H,13,14). The van der Waals surface area contributed by atoms with Crippen LogP contribution in [-0.4, -0.2) is 22.8 Å². The van der Waals surface area contributed by atoms with Crippen molar-refractivity contribution in [2.75, 3.05) is 6.54 Å². The van der Waals surface area contributed by atoms with Gasteiger partial charge < -0.3 is 5.32 Å². The quantitative estimate of drug-likeness (QED) is 0.776. The van der Waals surface area contributed by atoms with E-state index in [1.165, 1.54) is 0 Å². The molecule has 0 saturated heterocycles. The van der Waals surface area contributed by atoms with Crippen LogP contribution in [0.3, 0.4) is 0 Å². The number of pyridine rings is 1. The highest BCUT2D eigenvalue weighted by Gasteiger charge is 2.06. The minimum Gasteiger partial charge on any atom is -0.351 e. The Bertz CT molecular complexity index is 326. The number of hydrogen-bond donors (Lipinski definition) is 1. The Morgan fingerprint density at radius 3 is 2.93 bits per heavy atom. The van der Waals surface area contributed by atoms with E-state index in [4.69, 9.17) is 11.6 Å². The van der Waals surface area contributed by atoms with Crippen LogP contribution in [0.1, 0.15) is 22.8 Å². The van der Waals surface area contributed by atoms with Crippen molar-refractivity contribution in [1.82, 2.24) is 10.3 Å². The van der Waals surface area contributed by atoms with Crippen molar-refractivity contribution in [3.8, 4) is 0 Å². The Morgan fingerprint density at radius 1 is 1.64 bits per heavy atom. The molecule has 1 atom stereocenters. The van der Waals surface area contributed by atoms with E-state index in [0.29, 0.717) is 12.1 Å². The minimum atomic E-state index is -0.131. The SMILES string of the molecule is Cc1cncc(C(=O)NCC(C)Cl)c1. The van der Waals surface area contributed by atoms with Crippen molar-refractivity contribution in [2.24, 2.45) is 0 Å². The first-order chi connectivity index (χ1) is 6.59. The lowest BCUT2D eigenvalue weighted by atomic mass is 10.2. The van der Waals surface area contributed by atoms with Crippen LogP contribution in [0, 0.1) is 6.92 Å². The summed E-state index contributed by atoms with van der Waals surface area (Å²) in [6.07, 6.45) is 3.25. The molecular weight excluding hydrogens is 200 g/mol. The zero-order valence-corrected chi connectivity index (χ0v) is 9.01. The predicted molar refractivity (Wildman–Crippen MR) is 56.6 cm³/mol. The highest BCUT2D eigenvalue weighted by Crippen LogP contribution is 2.01. The summed E-state index contributed by atoms with van der Waals surface area (Å²) in [5.41, 5.74) is 1.54. The van der Waals surface area contributed by atoms with Gasteiger partial charge in [0.05, 0.1) is 5.56 Å². The maximum Gasteiger partial charge on any atom is 0.252 e. The third kappa shape index (κ3) is 3.34. The van der Waals surface area contributed by atoms with Gasteiger partial charge in [-0.05, 0) is 25.5 Å². The van der Waals surface area contributed by atoms with E-state index in [0.717, 1.165) is 5.56 Å². The zero-order chi connectivity index (χ0) is 10.6. The number of aromatic nitrogens is 1. The molecule has 0 radical (unpaired) electrons. The fourth-order valence-corrected chi connectivity index (χ4v) is 1.09. The van der Waals surface area contributed by atoms with Crippen LogP contribution in [-0.2, 0) is 0 Å². The summed E-state index contributed by atoms with van der Waals surface area (Å²) in [4.78, 5) is 15.4. The second-order valence-corrected chi connectivity index (χ2v) is 3.99. The zero-order valence-electron chi connectivity index (χ0n) is 8.25. The highest BCUT2D eigenvalue weighted by atomic mass is 35.5. The number of nitrogens with zero attached hydrogens (tertiary/aromatic N) is 1. The molecule has 14 heavy (non-hydrogen) atoms. The summed E-state index contributed by atoms with van der Waals surface area (Å²) < 4.78 is 0. The number of hydrogen-bond acceptors (Lipinski definition) is 2. The number of alkyl halides is 1. The summed E-state index contributed by atoms with van der Waals surface area (Å²) in [6.45, 7) is 4.19. The van der Waals surface area contributed by atoms with Crippen LogP contribution in [0.25, 0.3) is 0 Å². The molecule has 0 spiro atoms. The van der Waals surface area contributed by atoms with Crippen molar-refractivity contribution >= 4 is 17.5 Å². The van der Waals surface area contributed by atoms with E-state index in [1.54, 1.807) is 18.5 Å². The Hall–Kier alpha value is -1.09. The number of carbonyl (C=O) groups excluding carboxylic acids is 1. The van der Waals surface area contributed by atoms with Crippen LogP contribution in [0.4, 0.5) is 0 Å². The topological polar surface area (TPSA) is 42.0 Å². The fourth-order valence-electron chi connectivity index (χ4n) is 1.01. The molecule has 0 saturated carbocycles. The van der Waals surface area contributed by atoms with Gasteiger partial charge in [-0.15, -0.1) is 11.6 Å². The number of nitrogens with one attached hydrogen (secondary N) is 1. The molecule has 0 aliphatic heterocycles. The third-order valence-electron chi connectivity index (χ3n) is 1.68. The first-order valence-corrected chi connectivity index (χ1v) is 4.87. The van der Waals surface area contributed by atoms with Crippen LogP contribution in [0.2, 0.25) is 0 Å². The lowest BCUT2D eigenvalue weighted by molar-refractivity contribution is 0.0953. The lowest BCUT2D eigenvalue weighted by Gasteiger charge is -2.06. The third-order valence-corrected chi connectivity index (χ3v) is 1.84. The molecule has 1 heterocycles. The molecule has 1 unspecified atom stereocenters. The van der Waals surface area contributed by atoms with Crippen molar-refractivity contribution < 1.29 is 4.79 Å². The molecular formula is C10H13ClN2O. The number of rotatable bonds is 3.